The third-order valence-electron chi connectivity index (χ3n) is 3.68. The van der Waals surface area contributed by atoms with Gasteiger partial charge in [-0.25, -0.2) is 0 Å². The lowest BCUT2D eigenvalue weighted by Gasteiger charge is -2.33. The number of anilines is 1. The number of benzene rings is 1. The third kappa shape index (κ3) is 2.32. The van der Waals surface area contributed by atoms with E-state index in [0.29, 0.717) is 6.54 Å². The van der Waals surface area contributed by atoms with E-state index in [9.17, 15) is 4.79 Å². The Bertz CT molecular complexity index is 488. The van der Waals surface area contributed by atoms with Gasteiger partial charge >= 0.3 is 5.97 Å². The minimum Gasteiger partial charge on any atom is -0.469 e. The van der Waals surface area contributed by atoms with Crippen LogP contribution in [0.1, 0.15) is 12.8 Å². The van der Waals surface area contributed by atoms with Crippen molar-refractivity contribution in [3.05, 3.63) is 18.2 Å². The maximum Gasteiger partial charge on any atom is 0.310 e. The summed E-state index contributed by atoms with van der Waals surface area (Å²) in [4.78, 5) is 13.8. The Labute approximate surface area is 112 Å². The second kappa shape index (κ2) is 4.99. The molecule has 0 aromatic heterocycles. The number of nitrogens with zero attached hydrogens (tertiary/aromatic N) is 1. The van der Waals surface area contributed by atoms with E-state index in [4.69, 9.17) is 14.2 Å². The van der Waals surface area contributed by atoms with Crippen LogP contribution in [0.3, 0.4) is 0 Å². The Balaban J connectivity index is 1.76. The molecule has 5 heteroatoms. The van der Waals surface area contributed by atoms with E-state index in [1.165, 1.54) is 7.11 Å². The third-order valence-corrected chi connectivity index (χ3v) is 3.68. The molecule has 2 aliphatic rings. The molecule has 0 saturated carbocycles. The van der Waals surface area contributed by atoms with Gasteiger partial charge in [0.2, 0.25) is 6.79 Å². The van der Waals surface area contributed by atoms with Crippen LogP contribution in [0.15, 0.2) is 18.2 Å². The van der Waals surface area contributed by atoms with Crippen molar-refractivity contribution in [3.8, 4) is 11.5 Å². The van der Waals surface area contributed by atoms with Crippen LogP contribution in [0, 0.1) is 5.92 Å². The molecule has 3 rings (SSSR count). The van der Waals surface area contributed by atoms with Crippen LogP contribution in [-0.4, -0.2) is 33.0 Å². The largest absolute Gasteiger partial charge is 0.469 e. The number of fused-ring (bicyclic) bond motifs is 1. The first-order valence-electron chi connectivity index (χ1n) is 6.50. The van der Waals surface area contributed by atoms with Crippen molar-refractivity contribution in [1.29, 1.82) is 0 Å². The summed E-state index contributed by atoms with van der Waals surface area (Å²) in [6.07, 6.45) is 1.89. The topological polar surface area (TPSA) is 48.0 Å². The Kier molecular flexibility index (Phi) is 3.19. The Morgan fingerprint density at radius 1 is 1.37 bits per heavy atom. The zero-order valence-electron chi connectivity index (χ0n) is 10.9. The molecule has 0 radical (unpaired) electrons. The molecule has 19 heavy (non-hydrogen) atoms. The highest BCUT2D eigenvalue weighted by Crippen LogP contribution is 2.36. The first kappa shape index (κ1) is 12.1. The second-order valence-corrected chi connectivity index (χ2v) is 4.85. The number of carbonyl (C=O) groups excluding carboxylic acids is 1. The first-order chi connectivity index (χ1) is 9.28. The fraction of sp³-hybridized carbons (Fsp3) is 0.500. The number of piperidine rings is 1. The van der Waals surface area contributed by atoms with Gasteiger partial charge in [-0.15, -0.1) is 0 Å². The van der Waals surface area contributed by atoms with E-state index in [-0.39, 0.29) is 18.7 Å². The first-order valence-corrected chi connectivity index (χ1v) is 6.50. The summed E-state index contributed by atoms with van der Waals surface area (Å²) in [5, 5.41) is 0. The van der Waals surface area contributed by atoms with Crippen molar-refractivity contribution >= 4 is 11.7 Å². The van der Waals surface area contributed by atoms with Crippen LogP contribution in [-0.2, 0) is 9.53 Å². The summed E-state index contributed by atoms with van der Waals surface area (Å²) in [6, 6.07) is 5.90. The molecule has 2 aliphatic heterocycles. The molecule has 0 aliphatic carbocycles. The van der Waals surface area contributed by atoms with Crippen molar-refractivity contribution in [2.24, 2.45) is 5.92 Å². The number of rotatable bonds is 2. The Morgan fingerprint density at radius 3 is 3.05 bits per heavy atom. The highest BCUT2D eigenvalue weighted by molar-refractivity contribution is 5.73. The average molecular weight is 263 g/mol. The van der Waals surface area contributed by atoms with Gasteiger partial charge in [0.25, 0.3) is 0 Å². The van der Waals surface area contributed by atoms with Crippen LogP contribution in [0.5, 0.6) is 11.5 Å². The summed E-state index contributed by atoms with van der Waals surface area (Å²) < 4.78 is 15.5. The molecule has 0 N–H and O–H groups in total. The highest BCUT2D eigenvalue weighted by Gasteiger charge is 2.27. The normalized spacial score (nSPS) is 21.3. The maximum atomic E-state index is 11.6. The Hall–Kier alpha value is -1.91. The average Bonchev–Trinajstić information content (AvgIpc) is 2.94. The van der Waals surface area contributed by atoms with Crippen molar-refractivity contribution in [2.45, 2.75) is 12.8 Å². The second-order valence-electron chi connectivity index (χ2n) is 4.85. The molecule has 0 amide bonds. The SMILES string of the molecule is COC(=O)C1CCCN(c2ccc3c(c2)OCO3)C1. The van der Waals surface area contributed by atoms with E-state index in [1.807, 2.05) is 18.2 Å². The predicted molar refractivity (Wildman–Crippen MR) is 69.5 cm³/mol. The smallest absolute Gasteiger partial charge is 0.310 e. The minimum absolute atomic E-state index is 0.0378. The fourth-order valence-corrected chi connectivity index (χ4v) is 2.65. The van der Waals surface area contributed by atoms with Gasteiger partial charge in [-0.05, 0) is 25.0 Å². The lowest BCUT2D eigenvalue weighted by molar-refractivity contribution is -0.145. The molecule has 1 aromatic carbocycles. The van der Waals surface area contributed by atoms with Gasteiger partial charge in [-0.1, -0.05) is 0 Å². The van der Waals surface area contributed by atoms with Gasteiger partial charge in [-0.2, -0.15) is 0 Å². The summed E-state index contributed by atoms with van der Waals surface area (Å²) in [7, 11) is 1.45. The molecule has 1 saturated heterocycles. The number of methoxy groups -OCH3 is 1. The summed E-state index contributed by atoms with van der Waals surface area (Å²) in [5.74, 6) is 1.40. The summed E-state index contributed by atoms with van der Waals surface area (Å²) >= 11 is 0. The number of hydrogen-bond donors (Lipinski definition) is 0. The molecule has 102 valence electrons. The fourth-order valence-electron chi connectivity index (χ4n) is 2.65. The number of ether oxygens (including phenoxy) is 3. The van der Waals surface area contributed by atoms with E-state index in [2.05, 4.69) is 4.90 Å². The summed E-state index contributed by atoms with van der Waals surface area (Å²) in [6.45, 7) is 1.93. The van der Waals surface area contributed by atoms with Crippen LogP contribution >= 0.6 is 0 Å². The Morgan fingerprint density at radius 2 is 2.21 bits per heavy atom. The number of hydrogen-bond acceptors (Lipinski definition) is 5. The molecular formula is C14H17NO4. The monoisotopic (exact) mass is 263 g/mol. The molecular weight excluding hydrogens is 246 g/mol. The zero-order chi connectivity index (χ0) is 13.2. The van der Waals surface area contributed by atoms with E-state index in [0.717, 1.165) is 36.6 Å². The molecule has 0 spiro atoms. The van der Waals surface area contributed by atoms with Gasteiger partial charge in [0.05, 0.1) is 13.0 Å². The molecule has 2 heterocycles. The molecule has 1 fully saturated rings. The van der Waals surface area contributed by atoms with E-state index >= 15 is 0 Å². The quantitative estimate of drug-likeness (QED) is 0.761. The molecule has 1 atom stereocenters. The number of esters is 1. The predicted octanol–water partition coefficient (Wildman–Crippen LogP) is 1.80. The van der Waals surface area contributed by atoms with Crippen LogP contribution in [0.4, 0.5) is 5.69 Å². The molecule has 1 aromatic rings. The van der Waals surface area contributed by atoms with Crippen molar-refractivity contribution in [3.63, 3.8) is 0 Å². The highest BCUT2D eigenvalue weighted by atomic mass is 16.7. The minimum atomic E-state index is -0.120. The maximum absolute atomic E-state index is 11.6. The summed E-state index contributed by atoms with van der Waals surface area (Å²) in [5.41, 5.74) is 1.07. The van der Waals surface area contributed by atoms with E-state index in [1.54, 1.807) is 0 Å². The van der Waals surface area contributed by atoms with Crippen LogP contribution < -0.4 is 14.4 Å². The van der Waals surface area contributed by atoms with Gasteiger partial charge in [0.15, 0.2) is 11.5 Å². The lowest BCUT2D eigenvalue weighted by atomic mass is 9.97. The van der Waals surface area contributed by atoms with Gasteiger partial charge in [0.1, 0.15) is 0 Å². The van der Waals surface area contributed by atoms with Crippen molar-refractivity contribution < 1.29 is 19.0 Å². The standard InChI is InChI=1S/C14H17NO4/c1-17-14(16)10-3-2-6-15(8-10)11-4-5-12-13(7-11)19-9-18-12/h4-5,7,10H,2-3,6,8-9H2,1H3. The van der Waals surface area contributed by atoms with Gasteiger partial charge in [0, 0.05) is 24.8 Å². The van der Waals surface area contributed by atoms with Crippen LogP contribution in [0.2, 0.25) is 0 Å². The molecule has 1 unspecified atom stereocenters. The molecule has 5 nitrogen and oxygen atoms in total. The zero-order valence-corrected chi connectivity index (χ0v) is 10.9. The molecule has 0 bridgehead atoms. The van der Waals surface area contributed by atoms with Crippen molar-refractivity contribution in [1.82, 2.24) is 0 Å². The van der Waals surface area contributed by atoms with Crippen LogP contribution in [0.25, 0.3) is 0 Å². The van der Waals surface area contributed by atoms with Gasteiger partial charge in [-0.3, -0.25) is 4.79 Å². The lowest BCUT2D eigenvalue weighted by Crippen LogP contribution is -2.39. The van der Waals surface area contributed by atoms with E-state index < -0.39 is 0 Å². The van der Waals surface area contributed by atoms with Gasteiger partial charge < -0.3 is 19.1 Å². The van der Waals surface area contributed by atoms with Crippen molar-refractivity contribution in [2.75, 3.05) is 31.9 Å². The number of carbonyl (C=O) groups is 1.